The average molecular weight is 206 g/mol. The maximum atomic E-state index is 11.8. The number of hydrogen-bond acceptors (Lipinski definition) is 3. The Kier molecular flexibility index (Phi) is 2.44. The Labute approximate surface area is 88.3 Å². The number of nitrogens with zero attached hydrogens (tertiary/aromatic N) is 1. The van der Waals surface area contributed by atoms with Crippen LogP contribution in [0.3, 0.4) is 0 Å². The molecule has 0 aromatic carbocycles. The molecule has 0 saturated heterocycles. The van der Waals surface area contributed by atoms with E-state index in [9.17, 15) is 4.79 Å². The molecule has 0 radical (unpaired) electrons. The molecular weight excluding hydrogens is 192 g/mol. The summed E-state index contributed by atoms with van der Waals surface area (Å²) in [5, 5.41) is 11.9. The molecule has 2 rings (SSSR count). The fourth-order valence-electron chi connectivity index (χ4n) is 1.50. The minimum Gasteiger partial charge on any atom is -0.394 e. The quantitative estimate of drug-likeness (QED) is 0.763. The Bertz CT molecular complexity index is 386. The van der Waals surface area contributed by atoms with Gasteiger partial charge in [-0.05, 0) is 31.4 Å². The maximum absolute atomic E-state index is 11.8. The SMILES string of the molecule is Cc1cccnc1C(=O)NC1(CO)CC1. The van der Waals surface area contributed by atoms with E-state index in [1.165, 1.54) is 0 Å². The van der Waals surface area contributed by atoms with E-state index in [0.29, 0.717) is 5.69 Å². The largest absolute Gasteiger partial charge is 0.394 e. The monoisotopic (exact) mass is 206 g/mol. The smallest absolute Gasteiger partial charge is 0.270 e. The molecule has 0 aliphatic heterocycles. The summed E-state index contributed by atoms with van der Waals surface area (Å²) in [6.45, 7) is 1.85. The Morgan fingerprint density at radius 2 is 2.40 bits per heavy atom. The normalized spacial score (nSPS) is 17.2. The number of aromatic nitrogens is 1. The first-order chi connectivity index (χ1) is 7.17. The van der Waals surface area contributed by atoms with Gasteiger partial charge in [-0.1, -0.05) is 6.07 Å². The van der Waals surface area contributed by atoms with Crippen LogP contribution in [0.4, 0.5) is 0 Å². The minimum absolute atomic E-state index is 0.00458. The van der Waals surface area contributed by atoms with Gasteiger partial charge < -0.3 is 10.4 Å². The summed E-state index contributed by atoms with van der Waals surface area (Å²) < 4.78 is 0. The van der Waals surface area contributed by atoms with Gasteiger partial charge in [-0.15, -0.1) is 0 Å². The predicted octanol–water partition coefficient (Wildman–Crippen LogP) is 0.645. The highest BCUT2D eigenvalue weighted by Crippen LogP contribution is 2.34. The van der Waals surface area contributed by atoms with E-state index in [2.05, 4.69) is 10.3 Å². The van der Waals surface area contributed by atoms with Crippen molar-refractivity contribution in [3.63, 3.8) is 0 Å². The number of aliphatic hydroxyl groups is 1. The van der Waals surface area contributed by atoms with Crippen molar-refractivity contribution in [2.45, 2.75) is 25.3 Å². The zero-order valence-corrected chi connectivity index (χ0v) is 8.66. The molecule has 2 N–H and O–H groups in total. The van der Waals surface area contributed by atoms with Crippen molar-refractivity contribution in [2.24, 2.45) is 0 Å². The van der Waals surface area contributed by atoms with E-state index in [0.717, 1.165) is 18.4 Å². The summed E-state index contributed by atoms with van der Waals surface area (Å²) in [6.07, 6.45) is 3.29. The molecule has 4 nitrogen and oxygen atoms in total. The van der Waals surface area contributed by atoms with Crippen LogP contribution in [0.15, 0.2) is 18.3 Å². The lowest BCUT2D eigenvalue weighted by atomic mass is 10.2. The molecule has 4 heteroatoms. The van der Waals surface area contributed by atoms with Crippen LogP contribution >= 0.6 is 0 Å². The lowest BCUT2D eigenvalue weighted by Crippen LogP contribution is -2.40. The second kappa shape index (κ2) is 3.62. The highest BCUT2D eigenvalue weighted by Gasteiger charge is 2.43. The van der Waals surface area contributed by atoms with Crippen molar-refractivity contribution in [3.8, 4) is 0 Å². The van der Waals surface area contributed by atoms with Crippen molar-refractivity contribution >= 4 is 5.91 Å². The molecular formula is C11H14N2O2. The van der Waals surface area contributed by atoms with Crippen molar-refractivity contribution in [1.29, 1.82) is 0 Å². The molecule has 0 unspecified atom stereocenters. The molecule has 1 aromatic heterocycles. The molecule has 1 amide bonds. The van der Waals surface area contributed by atoms with Crippen LogP contribution in [0.1, 0.15) is 28.9 Å². The van der Waals surface area contributed by atoms with Gasteiger partial charge in [-0.2, -0.15) is 0 Å². The van der Waals surface area contributed by atoms with E-state index in [4.69, 9.17) is 5.11 Å². The van der Waals surface area contributed by atoms with E-state index >= 15 is 0 Å². The first kappa shape index (κ1) is 10.1. The van der Waals surface area contributed by atoms with Gasteiger partial charge >= 0.3 is 0 Å². The standard InChI is InChI=1S/C11H14N2O2/c1-8-3-2-6-12-9(8)10(15)13-11(7-14)4-5-11/h2-3,6,14H,4-5,7H2,1H3,(H,13,15). The van der Waals surface area contributed by atoms with Gasteiger partial charge in [-0.25, -0.2) is 0 Å². The number of amides is 1. The molecule has 0 bridgehead atoms. The average Bonchev–Trinajstić information content (AvgIpc) is 2.99. The second-order valence-corrected chi connectivity index (χ2v) is 4.06. The predicted molar refractivity (Wildman–Crippen MR) is 55.5 cm³/mol. The van der Waals surface area contributed by atoms with E-state index in [-0.39, 0.29) is 18.1 Å². The number of hydrogen-bond donors (Lipinski definition) is 2. The van der Waals surface area contributed by atoms with Crippen LogP contribution in [0.5, 0.6) is 0 Å². The molecule has 1 saturated carbocycles. The fraction of sp³-hybridized carbons (Fsp3) is 0.455. The summed E-state index contributed by atoms with van der Waals surface area (Å²) in [5.74, 6) is -0.195. The number of rotatable bonds is 3. The third kappa shape index (κ3) is 1.99. The topological polar surface area (TPSA) is 62.2 Å². The highest BCUT2D eigenvalue weighted by molar-refractivity contribution is 5.94. The summed E-state index contributed by atoms with van der Waals surface area (Å²) >= 11 is 0. The van der Waals surface area contributed by atoms with Crippen LogP contribution in [0.2, 0.25) is 0 Å². The van der Waals surface area contributed by atoms with Gasteiger partial charge in [0.2, 0.25) is 0 Å². The molecule has 0 spiro atoms. The third-order valence-electron chi connectivity index (χ3n) is 2.76. The third-order valence-corrected chi connectivity index (χ3v) is 2.76. The molecule has 0 atom stereocenters. The van der Waals surface area contributed by atoms with Crippen LogP contribution in [0, 0.1) is 6.92 Å². The zero-order chi connectivity index (χ0) is 10.9. The van der Waals surface area contributed by atoms with Gasteiger partial charge in [0.05, 0.1) is 12.1 Å². The summed E-state index contributed by atoms with van der Waals surface area (Å²) in [5.41, 5.74) is 0.919. The Hall–Kier alpha value is -1.42. The zero-order valence-electron chi connectivity index (χ0n) is 8.66. The summed E-state index contributed by atoms with van der Waals surface area (Å²) in [7, 11) is 0. The molecule has 1 fully saturated rings. The highest BCUT2D eigenvalue weighted by atomic mass is 16.3. The van der Waals surface area contributed by atoms with Crippen molar-refractivity contribution in [2.75, 3.05) is 6.61 Å². The second-order valence-electron chi connectivity index (χ2n) is 4.06. The van der Waals surface area contributed by atoms with Gasteiger partial charge in [0.1, 0.15) is 5.69 Å². The number of carbonyl (C=O) groups is 1. The van der Waals surface area contributed by atoms with E-state index < -0.39 is 0 Å². The van der Waals surface area contributed by atoms with Crippen molar-refractivity contribution < 1.29 is 9.90 Å². The summed E-state index contributed by atoms with van der Waals surface area (Å²) in [6, 6.07) is 3.64. The Balaban J connectivity index is 2.12. The lowest BCUT2D eigenvalue weighted by molar-refractivity contribution is 0.0901. The van der Waals surface area contributed by atoms with E-state index in [1.54, 1.807) is 12.3 Å². The van der Waals surface area contributed by atoms with E-state index in [1.807, 2.05) is 13.0 Å². The van der Waals surface area contributed by atoms with Gasteiger partial charge in [0, 0.05) is 6.20 Å². The van der Waals surface area contributed by atoms with Crippen LogP contribution in [-0.4, -0.2) is 28.1 Å². The lowest BCUT2D eigenvalue weighted by Gasteiger charge is -2.14. The Morgan fingerprint density at radius 3 is 2.93 bits per heavy atom. The van der Waals surface area contributed by atoms with Gasteiger partial charge in [0.15, 0.2) is 0 Å². The molecule has 1 aliphatic rings. The number of nitrogens with one attached hydrogen (secondary N) is 1. The van der Waals surface area contributed by atoms with Crippen LogP contribution in [-0.2, 0) is 0 Å². The molecule has 1 aromatic rings. The first-order valence-corrected chi connectivity index (χ1v) is 5.02. The first-order valence-electron chi connectivity index (χ1n) is 5.02. The molecule has 15 heavy (non-hydrogen) atoms. The van der Waals surface area contributed by atoms with Crippen molar-refractivity contribution in [3.05, 3.63) is 29.6 Å². The fourth-order valence-corrected chi connectivity index (χ4v) is 1.50. The van der Waals surface area contributed by atoms with Gasteiger partial charge in [-0.3, -0.25) is 9.78 Å². The van der Waals surface area contributed by atoms with Crippen LogP contribution in [0.25, 0.3) is 0 Å². The number of carbonyl (C=O) groups excluding carboxylic acids is 1. The Morgan fingerprint density at radius 1 is 1.67 bits per heavy atom. The number of aryl methyl sites for hydroxylation is 1. The summed E-state index contributed by atoms with van der Waals surface area (Å²) in [4.78, 5) is 15.8. The number of aliphatic hydroxyl groups excluding tert-OH is 1. The number of pyridine rings is 1. The van der Waals surface area contributed by atoms with Crippen molar-refractivity contribution in [1.82, 2.24) is 10.3 Å². The maximum Gasteiger partial charge on any atom is 0.270 e. The minimum atomic E-state index is -0.374. The molecule has 1 heterocycles. The van der Waals surface area contributed by atoms with Gasteiger partial charge in [0.25, 0.3) is 5.91 Å². The molecule has 80 valence electrons. The van der Waals surface area contributed by atoms with Crippen LogP contribution < -0.4 is 5.32 Å². The molecule has 1 aliphatic carbocycles.